The van der Waals surface area contributed by atoms with E-state index in [4.69, 9.17) is 0 Å². The van der Waals surface area contributed by atoms with E-state index in [1.54, 1.807) is 4.90 Å². The maximum Gasteiger partial charge on any atom is 0.267 e. The molecule has 2 fully saturated rings. The largest absolute Gasteiger partial charge is 0.348 e. The predicted molar refractivity (Wildman–Crippen MR) is 83.7 cm³/mol. The number of amides is 4. The molecule has 2 saturated heterocycles. The molecule has 9 nitrogen and oxygen atoms in total. The highest BCUT2D eigenvalue weighted by molar-refractivity contribution is 6.39. The second-order valence-corrected chi connectivity index (χ2v) is 6.33. The van der Waals surface area contributed by atoms with E-state index in [9.17, 15) is 19.2 Å². The summed E-state index contributed by atoms with van der Waals surface area (Å²) in [5.41, 5.74) is 2.64. The number of carbonyl (C=O) groups excluding carboxylic acids is 4. The molecule has 0 bridgehead atoms. The monoisotopic (exact) mass is 335 g/mol. The van der Waals surface area contributed by atoms with E-state index in [1.165, 1.54) is 0 Å². The summed E-state index contributed by atoms with van der Waals surface area (Å²) in [6.45, 7) is 1.11. The van der Waals surface area contributed by atoms with Gasteiger partial charge in [-0.1, -0.05) is 0 Å². The van der Waals surface area contributed by atoms with Gasteiger partial charge in [0.05, 0.1) is 0 Å². The number of hydrazone groups is 1. The summed E-state index contributed by atoms with van der Waals surface area (Å²) in [4.78, 5) is 48.4. The highest BCUT2D eigenvalue weighted by Crippen LogP contribution is 2.16. The van der Waals surface area contributed by atoms with Crippen molar-refractivity contribution in [3.63, 3.8) is 0 Å². The van der Waals surface area contributed by atoms with E-state index in [2.05, 4.69) is 21.2 Å². The van der Waals surface area contributed by atoms with Crippen molar-refractivity contribution in [2.45, 2.75) is 50.6 Å². The molecule has 0 aromatic heterocycles. The summed E-state index contributed by atoms with van der Waals surface area (Å²) in [6.07, 6.45) is 2.90. The predicted octanol–water partition coefficient (Wildman–Crippen LogP) is -1.36. The zero-order chi connectivity index (χ0) is 17.1. The lowest BCUT2D eigenvalue weighted by atomic mass is 10.0. The third kappa shape index (κ3) is 3.72. The number of nitrogens with zero attached hydrogens (tertiary/aromatic N) is 2. The number of hydrogen-bond donors (Lipinski definition) is 3. The van der Waals surface area contributed by atoms with Crippen molar-refractivity contribution in [3.8, 4) is 0 Å². The van der Waals surface area contributed by atoms with Gasteiger partial charge in [0.15, 0.2) is 0 Å². The fraction of sp³-hybridized carbons (Fsp3) is 0.667. The van der Waals surface area contributed by atoms with Gasteiger partial charge in [-0.3, -0.25) is 19.2 Å². The lowest BCUT2D eigenvalue weighted by Crippen LogP contribution is -2.52. The Morgan fingerprint density at radius 1 is 1.04 bits per heavy atom. The van der Waals surface area contributed by atoms with Gasteiger partial charge in [0, 0.05) is 38.4 Å². The molecule has 0 aromatic rings. The third-order valence-corrected chi connectivity index (χ3v) is 4.60. The van der Waals surface area contributed by atoms with Crippen molar-refractivity contribution in [1.82, 2.24) is 21.0 Å². The van der Waals surface area contributed by atoms with Crippen molar-refractivity contribution in [3.05, 3.63) is 0 Å². The Kier molecular flexibility index (Phi) is 4.77. The summed E-state index contributed by atoms with van der Waals surface area (Å²) < 4.78 is 0. The van der Waals surface area contributed by atoms with Crippen LogP contribution in [0.25, 0.3) is 0 Å². The molecule has 3 N–H and O–H groups in total. The Labute approximate surface area is 139 Å². The number of hydrogen-bond acceptors (Lipinski definition) is 5. The summed E-state index contributed by atoms with van der Waals surface area (Å²) >= 11 is 0. The average Bonchev–Trinajstić information content (AvgIpc) is 3.02. The Hall–Kier alpha value is -2.45. The first kappa shape index (κ1) is 16.4. The number of nitrogens with one attached hydrogen (secondary N) is 3. The minimum absolute atomic E-state index is 0.0138. The van der Waals surface area contributed by atoms with Gasteiger partial charge < -0.3 is 15.5 Å². The topological polar surface area (TPSA) is 120 Å². The second kappa shape index (κ2) is 6.98. The van der Waals surface area contributed by atoms with E-state index in [0.29, 0.717) is 50.9 Å². The van der Waals surface area contributed by atoms with E-state index < -0.39 is 6.04 Å². The molecule has 130 valence electrons. The molecule has 24 heavy (non-hydrogen) atoms. The van der Waals surface area contributed by atoms with E-state index in [-0.39, 0.29) is 36.1 Å². The normalized spacial score (nSPS) is 24.9. The van der Waals surface area contributed by atoms with Crippen LogP contribution in [0.15, 0.2) is 5.10 Å². The lowest BCUT2D eigenvalue weighted by molar-refractivity contribution is -0.135. The first-order valence-corrected chi connectivity index (χ1v) is 8.27. The van der Waals surface area contributed by atoms with Crippen LogP contribution >= 0.6 is 0 Å². The Morgan fingerprint density at radius 3 is 2.38 bits per heavy atom. The van der Waals surface area contributed by atoms with Crippen LogP contribution in [0.4, 0.5) is 0 Å². The van der Waals surface area contributed by atoms with Gasteiger partial charge in [0.25, 0.3) is 5.91 Å². The van der Waals surface area contributed by atoms with Crippen LogP contribution in [0.3, 0.4) is 0 Å². The highest BCUT2D eigenvalue weighted by Gasteiger charge is 2.33. The van der Waals surface area contributed by atoms with Gasteiger partial charge in [-0.25, -0.2) is 5.43 Å². The Balaban J connectivity index is 1.45. The van der Waals surface area contributed by atoms with Gasteiger partial charge in [0.2, 0.25) is 17.7 Å². The summed E-state index contributed by atoms with van der Waals surface area (Å²) in [5, 5.41) is 9.38. The van der Waals surface area contributed by atoms with Crippen molar-refractivity contribution in [2.24, 2.45) is 5.10 Å². The molecule has 3 rings (SSSR count). The smallest absolute Gasteiger partial charge is 0.267 e. The Bertz CT molecular complexity index is 595. The van der Waals surface area contributed by atoms with Gasteiger partial charge >= 0.3 is 0 Å². The average molecular weight is 335 g/mol. The molecule has 3 aliphatic rings. The number of piperidine rings is 1. The van der Waals surface area contributed by atoms with Crippen LogP contribution in [0.1, 0.15) is 38.5 Å². The standard InChI is InChI=1S/C15H21N5O4/c21-12-3-2-11(17-12)15(24)20-7-5-9(6-8-20)16-14(23)10-1-4-13(22)19-18-10/h9,11H,1-8H2,(H,16,23)(H,17,21)(H,19,22). The van der Waals surface area contributed by atoms with Gasteiger partial charge in [0.1, 0.15) is 11.8 Å². The molecule has 0 radical (unpaired) electrons. The maximum atomic E-state index is 12.3. The first-order chi connectivity index (χ1) is 11.5. The number of likely N-dealkylation sites (tertiary alicyclic amines) is 1. The van der Waals surface area contributed by atoms with Crippen LogP contribution in [0.5, 0.6) is 0 Å². The minimum atomic E-state index is -0.399. The summed E-state index contributed by atoms with van der Waals surface area (Å²) in [7, 11) is 0. The van der Waals surface area contributed by atoms with Gasteiger partial charge in [-0.05, 0) is 19.3 Å². The molecule has 4 amide bonds. The second-order valence-electron chi connectivity index (χ2n) is 6.33. The highest BCUT2D eigenvalue weighted by atomic mass is 16.2. The zero-order valence-corrected chi connectivity index (χ0v) is 13.3. The van der Waals surface area contributed by atoms with E-state index >= 15 is 0 Å². The van der Waals surface area contributed by atoms with Crippen LogP contribution < -0.4 is 16.1 Å². The van der Waals surface area contributed by atoms with Gasteiger partial charge in [-0.15, -0.1) is 0 Å². The molecule has 0 aliphatic carbocycles. The SMILES string of the molecule is O=C1CCC(C(=O)NC2CCN(C(=O)C3CCC(=O)N3)CC2)=NN1. The minimum Gasteiger partial charge on any atom is -0.348 e. The molecule has 0 aromatic carbocycles. The molecule has 0 spiro atoms. The van der Waals surface area contributed by atoms with Crippen molar-refractivity contribution in [2.75, 3.05) is 13.1 Å². The van der Waals surface area contributed by atoms with Crippen LogP contribution in [-0.4, -0.2) is 59.4 Å². The number of carbonyl (C=O) groups is 4. The molecule has 9 heteroatoms. The molecular weight excluding hydrogens is 314 g/mol. The molecule has 1 unspecified atom stereocenters. The van der Waals surface area contributed by atoms with Crippen molar-refractivity contribution in [1.29, 1.82) is 0 Å². The third-order valence-electron chi connectivity index (χ3n) is 4.60. The molecule has 3 aliphatic heterocycles. The molecule has 0 saturated carbocycles. The molecule has 3 heterocycles. The zero-order valence-electron chi connectivity index (χ0n) is 13.3. The quantitative estimate of drug-likeness (QED) is 0.590. The van der Waals surface area contributed by atoms with Crippen LogP contribution in [0.2, 0.25) is 0 Å². The lowest BCUT2D eigenvalue weighted by Gasteiger charge is -2.33. The van der Waals surface area contributed by atoms with E-state index in [1.807, 2.05) is 0 Å². The van der Waals surface area contributed by atoms with Crippen LogP contribution in [-0.2, 0) is 19.2 Å². The fourth-order valence-electron chi connectivity index (χ4n) is 3.17. The van der Waals surface area contributed by atoms with Crippen LogP contribution in [0, 0.1) is 0 Å². The molecular formula is C15H21N5O4. The van der Waals surface area contributed by atoms with Gasteiger partial charge in [-0.2, -0.15) is 5.10 Å². The number of rotatable bonds is 3. The first-order valence-electron chi connectivity index (χ1n) is 8.27. The van der Waals surface area contributed by atoms with Crippen molar-refractivity contribution < 1.29 is 19.2 Å². The fourth-order valence-corrected chi connectivity index (χ4v) is 3.17. The molecule has 1 atom stereocenters. The van der Waals surface area contributed by atoms with Crippen molar-refractivity contribution >= 4 is 29.3 Å². The van der Waals surface area contributed by atoms with E-state index in [0.717, 1.165) is 0 Å². The summed E-state index contributed by atoms with van der Waals surface area (Å²) in [5.74, 6) is -0.555. The summed E-state index contributed by atoms with van der Waals surface area (Å²) in [6, 6.07) is -0.413. The maximum absolute atomic E-state index is 12.3. The Morgan fingerprint density at radius 2 is 1.79 bits per heavy atom.